The number of ether oxygens (including phenoxy) is 1. The molecule has 3 nitrogen and oxygen atoms in total. The first-order valence-electron chi connectivity index (χ1n) is 5.42. The standard InChI is InChI=1S/C13H13BrN2OS/c1-2-5-17-12-4-3-9(7-11(12)14)6-10(8-15)13(16)18/h3-4,6-7H,2,5H2,1H3,(H2,16,18)/b10-6-. The maximum Gasteiger partial charge on any atom is 0.133 e. The number of thiocarbonyl (C=S) groups is 1. The van der Waals surface area contributed by atoms with Crippen molar-refractivity contribution in [3.8, 4) is 11.8 Å². The molecule has 1 rings (SSSR count). The van der Waals surface area contributed by atoms with Crippen LogP contribution < -0.4 is 10.5 Å². The molecule has 0 amide bonds. The van der Waals surface area contributed by atoms with Crippen LogP contribution in [0.15, 0.2) is 28.2 Å². The molecule has 5 heteroatoms. The molecule has 0 aliphatic rings. The zero-order valence-electron chi connectivity index (χ0n) is 9.94. The van der Waals surface area contributed by atoms with Gasteiger partial charge in [-0.2, -0.15) is 5.26 Å². The van der Waals surface area contributed by atoms with Crippen LogP contribution in [0.1, 0.15) is 18.9 Å². The topological polar surface area (TPSA) is 59.0 Å². The number of nitrogens with zero attached hydrogens (tertiary/aromatic N) is 1. The van der Waals surface area contributed by atoms with E-state index in [2.05, 4.69) is 15.9 Å². The van der Waals surface area contributed by atoms with Crippen LogP contribution in [-0.2, 0) is 0 Å². The molecule has 1 aromatic rings. The predicted octanol–water partition coefficient (Wildman–Crippen LogP) is 3.43. The van der Waals surface area contributed by atoms with Gasteiger partial charge >= 0.3 is 0 Å². The molecule has 0 bridgehead atoms. The molecule has 0 unspecified atom stereocenters. The third-order valence-corrected chi connectivity index (χ3v) is 2.95. The predicted molar refractivity (Wildman–Crippen MR) is 80.3 cm³/mol. The zero-order valence-corrected chi connectivity index (χ0v) is 12.3. The number of rotatable bonds is 5. The second-order valence-electron chi connectivity index (χ2n) is 3.57. The highest BCUT2D eigenvalue weighted by molar-refractivity contribution is 9.10. The number of nitrogens with two attached hydrogens (primary N) is 1. The van der Waals surface area contributed by atoms with E-state index in [-0.39, 0.29) is 4.99 Å². The van der Waals surface area contributed by atoms with E-state index in [1.807, 2.05) is 31.2 Å². The van der Waals surface area contributed by atoms with Gasteiger partial charge in [-0.05, 0) is 46.1 Å². The van der Waals surface area contributed by atoms with Crippen molar-refractivity contribution in [3.05, 3.63) is 33.8 Å². The second-order valence-corrected chi connectivity index (χ2v) is 4.87. The fourth-order valence-corrected chi connectivity index (χ4v) is 1.88. The molecule has 0 aliphatic carbocycles. The highest BCUT2D eigenvalue weighted by Gasteiger charge is 2.04. The van der Waals surface area contributed by atoms with Crippen LogP contribution in [0.3, 0.4) is 0 Å². The molecule has 0 aromatic heterocycles. The molecule has 94 valence electrons. The highest BCUT2D eigenvalue weighted by atomic mass is 79.9. The van der Waals surface area contributed by atoms with E-state index >= 15 is 0 Å². The van der Waals surface area contributed by atoms with E-state index in [1.165, 1.54) is 0 Å². The lowest BCUT2D eigenvalue weighted by Gasteiger charge is -2.07. The molecule has 0 atom stereocenters. The van der Waals surface area contributed by atoms with E-state index < -0.39 is 0 Å². The Morgan fingerprint density at radius 3 is 2.83 bits per heavy atom. The van der Waals surface area contributed by atoms with Crippen LogP contribution in [0.5, 0.6) is 5.75 Å². The summed E-state index contributed by atoms with van der Waals surface area (Å²) in [5, 5.41) is 8.88. The van der Waals surface area contributed by atoms with Crippen molar-refractivity contribution >= 4 is 39.2 Å². The van der Waals surface area contributed by atoms with Gasteiger partial charge in [0, 0.05) is 0 Å². The van der Waals surface area contributed by atoms with Crippen molar-refractivity contribution in [3.63, 3.8) is 0 Å². The molecule has 0 saturated heterocycles. The molecular weight excluding hydrogens is 312 g/mol. The Bertz CT molecular complexity index is 520. The first-order valence-corrected chi connectivity index (χ1v) is 6.62. The maximum atomic E-state index is 8.88. The summed E-state index contributed by atoms with van der Waals surface area (Å²) in [6, 6.07) is 7.53. The zero-order chi connectivity index (χ0) is 13.5. The van der Waals surface area contributed by atoms with Crippen LogP contribution in [0, 0.1) is 11.3 Å². The van der Waals surface area contributed by atoms with Gasteiger partial charge in [0.05, 0.1) is 16.7 Å². The highest BCUT2D eigenvalue weighted by Crippen LogP contribution is 2.27. The van der Waals surface area contributed by atoms with Crippen LogP contribution >= 0.6 is 28.1 Å². The molecule has 2 N–H and O–H groups in total. The van der Waals surface area contributed by atoms with E-state index in [1.54, 1.807) is 6.08 Å². The Labute approximate surface area is 120 Å². The van der Waals surface area contributed by atoms with Crippen molar-refractivity contribution in [2.75, 3.05) is 6.61 Å². The fourth-order valence-electron chi connectivity index (χ4n) is 1.26. The van der Waals surface area contributed by atoms with Gasteiger partial charge in [0.2, 0.25) is 0 Å². The second kappa shape index (κ2) is 7.14. The molecule has 1 aromatic carbocycles. The fraction of sp³-hybridized carbons (Fsp3) is 0.231. The Kier molecular flexibility index (Phi) is 5.83. The SMILES string of the molecule is CCCOc1ccc(/C=C(/C#N)C(N)=S)cc1Br. The minimum absolute atomic E-state index is 0.0972. The van der Waals surface area contributed by atoms with Crippen molar-refractivity contribution < 1.29 is 4.74 Å². The van der Waals surface area contributed by atoms with Crippen LogP contribution in [0.4, 0.5) is 0 Å². The summed E-state index contributed by atoms with van der Waals surface area (Å²) in [7, 11) is 0. The van der Waals surface area contributed by atoms with E-state index in [0.717, 1.165) is 22.2 Å². The van der Waals surface area contributed by atoms with Gasteiger partial charge in [-0.25, -0.2) is 0 Å². The third-order valence-electron chi connectivity index (χ3n) is 2.11. The molecule has 0 saturated carbocycles. The van der Waals surface area contributed by atoms with Crippen LogP contribution in [-0.4, -0.2) is 11.6 Å². The average Bonchev–Trinajstić information content (AvgIpc) is 2.34. The van der Waals surface area contributed by atoms with E-state index in [4.69, 9.17) is 28.0 Å². The monoisotopic (exact) mass is 324 g/mol. The van der Waals surface area contributed by atoms with Gasteiger partial charge in [-0.1, -0.05) is 25.2 Å². The number of benzene rings is 1. The maximum absolute atomic E-state index is 8.88. The normalized spacial score (nSPS) is 10.8. The summed E-state index contributed by atoms with van der Waals surface area (Å²) in [5.74, 6) is 0.780. The summed E-state index contributed by atoms with van der Waals surface area (Å²) in [6.07, 6.45) is 2.60. The Balaban J connectivity index is 2.98. The minimum atomic E-state index is 0.0972. The third kappa shape index (κ3) is 4.13. The van der Waals surface area contributed by atoms with Crippen molar-refractivity contribution in [2.24, 2.45) is 5.73 Å². The summed E-state index contributed by atoms with van der Waals surface area (Å²) >= 11 is 8.21. The lowest BCUT2D eigenvalue weighted by atomic mass is 10.1. The molecule has 18 heavy (non-hydrogen) atoms. The smallest absolute Gasteiger partial charge is 0.133 e. The molecular formula is C13H13BrN2OS. The summed E-state index contributed by atoms with van der Waals surface area (Å²) in [6.45, 7) is 2.72. The van der Waals surface area contributed by atoms with Gasteiger partial charge < -0.3 is 10.5 Å². The number of hydrogen-bond acceptors (Lipinski definition) is 3. The Morgan fingerprint density at radius 2 is 2.33 bits per heavy atom. The van der Waals surface area contributed by atoms with E-state index in [0.29, 0.717) is 12.2 Å². The van der Waals surface area contributed by atoms with E-state index in [9.17, 15) is 0 Å². The first kappa shape index (κ1) is 14.7. The van der Waals surface area contributed by atoms with Crippen molar-refractivity contribution in [1.29, 1.82) is 5.26 Å². The first-order chi connectivity index (χ1) is 8.58. The van der Waals surface area contributed by atoms with Crippen LogP contribution in [0.25, 0.3) is 6.08 Å². The number of halogens is 1. The summed E-state index contributed by atoms with van der Waals surface area (Å²) in [5.41, 5.74) is 6.57. The van der Waals surface area contributed by atoms with Gasteiger partial charge in [0.15, 0.2) is 0 Å². The lowest BCUT2D eigenvalue weighted by molar-refractivity contribution is 0.315. The quantitative estimate of drug-likeness (QED) is 0.512. The van der Waals surface area contributed by atoms with Crippen molar-refractivity contribution in [1.82, 2.24) is 0 Å². The molecule has 0 spiro atoms. The number of hydrogen-bond donors (Lipinski definition) is 1. The molecule has 0 heterocycles. The summed E-state index contributed by atoms with van der Waals surface area (Å²) in [4.78, 5) is 0.0972. The molecule has 0 radical (unpaired) electrons. The van der Waals surface area contributed by atoms with Crippen LogP contribution in [0.2, 0.25) is 0 Å². The van der Waals surface area contributed by atoms with Gasteiger partial charge in [0.25, 0.3) is 0 Å². The lowest BCUT2D eigenvalue weighted by Crippen LogP contribution is -2.09. The largest absolute Gasteiger partial charge is 0.492 e. The molecule has 0 fully saturated rings. The van der Waals surface area contributed by atoms with Gasteiger partial charge in [0.1, 0.15) is 16.8 Å². The van der Waals surface area contributed by atoms with Gasteiger partial charge in [-0.3, -0.25) is 0 Å². The number of nitriles is 1. The summed E-state index contributed by atoms with van der Waals surface area (Å²) < 4.78 is 6.37. The average molecular weight is 325 g/mol. The Morgan fingerprint density at radius 1 is 1.61 bits per heavy atom. The van der Waals surface area contributed by atoms with Gasteiger partial charge in [-0.15, -0.1) is 0 Å². The Hall–Kier alpha value is -1.38. The van der Waals surface area contributed by atoms with Crippen molar-refractivity contribution in [2.45, 2.75) is 13.3 Å². The minimum Gasteiger partial charge on any atom is -0.492 e. The molecule has 0 aliphatic heterocycles.